The molecule has 0 heterocycles. The van der Waals surface area contributed by atoms with E-state index in [-0.39, 0.29) is 17.9 Å². The number of nitrogens with zero attached hydrogens (tertiary/aromatic N) is 1. The molecule has 0 spiro atoms. The maximum atomic E-state index is 12.6. The van der Waals surface area contributed by atoms with Crippen LogP contribution >= 0.6 is 0 Å². The fraction of sp³-hybridized carbons (Fsp3) is 0.222. The number of carbonyl (C=O) groups is 1. The molecule has 2 aromatic rings. The van der Waals surface area contributed by atoms with E-state index < -0.39 is 11.7 Å². The molecule has 0 saturated carbocycles. The molecule has 0 aliphatic carbocycles. The number of carbonyl (C=O) groups excluding carboxylic acids is 1. The van der Waals surface area contributed by atoms with Crippen molar-refractivity contribution in [3.8, 4) is 0 Å². The molecule has 5 heteroatoms. The summed E-state index contributed by atoms with van der Waals surface area (Å²) < 4.78 is 37.8. The number of Topliss-reactive ketones (excluding diaryl/α,β-unsaturated/α-hetero) is 1. The lowest BCUT2D eigenvalue weighted by atomic mass is 10.1. The predicted molar refractivity (Wildman–Crippen MR) is 84.4 cm³/mol. The van der Waals surface area contributed by atoms with E-state index in [2.05, 4.69) is 4.99 Å². The third kappa shape index (κ3) is 4.77. The molecular weight excluding hydrogens is 303 g/mol. The van der Waals surface area contributed by atoms with Gasteiger partial charge in [0, 0.05) is 18.2 Å². The Labute approximate surface area is 132 Å². The molecule has 120 valence electrons. The van der Waals surface area contributed by atoms with Crippen molar-refractivity contribution in [2.45, 2.75) is 25.9 Å². The van der Waals surface area contributed by atoms with Crippen LogP contribution in [0.2, 0.25) is 0 Å². The molecule has 2 aromatic carbocycles. The van der Waals surface area contributed by atoms with Gasteiger partial charge in [-0.05, 0) is 30.2 Å². The summed E-state index contributed by atoms with van der Waals surface area (Å²) in [5.74, 6) is -0.122. The summed E-state index contributed by atoms with van der Waals surface area (Å²) in [5, 5.41) is 0. The Morgan fingerprint density at radius 3 is 2.43 bits per heavy atom. The molecule has 2 nitrogen and oxygen atoms in total. The number of alkyl halides is 3. The van der Waals surface area contributed by atoms with E-state index in [1.807, 2.05) is 19.1 Å². The van der Waals surface area contributed by atoms with Crippen molar-refractivity contribution in [1.29, 1.82) is 0 Å². The fourth-order valence-corrected chi connectivity index (χ4v) is 2.04. The molecule has 0 unspecified atom stereocenters. The molecule has 0 aliphatic heterocycles. The zero-order chi connectivity index (χ0) is 16.9. The number of rotatable bonds is 5. The molecule has 0 fully saturated rings. The van der Waals surface area contributed by atoms with Crippen LogP contribution in [0.3, 0.4) is 0 Å². The highest BCUT2D eigenvalue weighted by molar-refractivity contribution is 6.03. The maximum Gasteiger partial charge on any atom is 0.416 e. The van der Waals surface area contributed by atoms with Gasteiger partial charge in [-0.3, -0.25) is 9.79 Å². The van der Waals surface area contributed by atoms with Gasteiger partial charge >= 0.3 is 6.18 Å². The van der Waals surface area contributed by atoms with Crippen LogP contribution in [-0.4, -0.2) is 12.0 Å². The standard InChI is InChI=1S/C18H16F3NO/c1-2-13-6-8-14(9-7-13)17(23)10-11-22-16-5-3-4-15(12-16)18(19,20)21/h3-9,11-12H,2,10H2,1H3. The zero-order valence-corrected chi connectivity index (χ0v) is 12.6. The van der Waals surface area contributed by atoms with Crippen LogP contribution in [0.25, 0.3) is 0 Å². The van der Waals surface area contributed by atoms with E-state index in [1.54, 1.807) is 12.1 Å². The largest absolute Gasteiger partial charge is 0.416 e. The monoisotopic (exact) mass is 319 g/mol. The molecule has 0 saturated heterocycles. The molecule has 0 bridgehead atoms. The SMILES string of the molecule is CCc1ccc(C(=O)CC=Nc2cccc(C(F)(F)F)c2)cc1. The lowest BCUT2D eigenvalue weighted by Crippen LogP contribution is -2.03. The molecule has 2 rings (SSSR count). The first-order valence-corrected chi connectivity index (χ1v) is 7.22. The minimum atomic E-state index is -4.40. The second-order valence-electron chi connectivity index (χ2n) is 5.04. The maximum absolute atomic E-state index is 12.6. The third-order valence-corrected chi connectivity index (χ3v) is 3.37. The second kappa shape index (κ2) is 7.22. The minimum Gasteiger partial charge on any atom is -0.294 e. The molecule has 0 N–H and O–H groups in total. The zero-order valence-electron chi connectivity index (χ0n) is 12.6. The number of aliphatic imine (C=N–C) groups is 1. The van der Waals surface area contributed by atoms with Crippen LogP contribution in [-0.2, 0) is 12.6 Å². The van der Waals surface area contributed by atoms with E-state index in [9.17, 15) is 18.0 Å². The first-order chi connectivity index (χ1) is 10.9. The van der Waals surface area contributed by atoms with E-state index in [4.69, 9.17) is 0 Å². The summed E-state index contributed by atoms with van der Waals surface area (Å²) in [4.78, 5) is 15.9. The smallest absolute Gasteiger partial charge is 0.294 e. The highest BCUT2D eigenvalue weighted by Crippen LogP contribution is 2.31. The van der Waals surface area contributed by atoms with Crippen molar-refractivity contribution >= 4 is 17.7 Å². The van der Waals surface area contributed by atoms with E-state index in [0.29, 0.717) is 5.56 Å². The number of benzene rings is 2. The van der Waals surface area contributed by atoms with Gasteiger partial charge in [0.2, 0.25) is 0 Å². The number of hydrogen-bond donors (Lipinski definition) is 0. The molecule has 0 aromatic heterocycles. The summed E-state index contributed by atoms with van der Waals surface area (Å²) in [6, 6.07) is 12.0. The number of halogens is 3. The van der Waals surface area contributed by atoms with Crippen LogP contribution in [0.1, 0.15) is 34.8 Å². The van der Waals surface area contributed by atoms with Crippen molar-refractivity contribution < 1.29 is 18.0 Å². The molecule has 0 atom stereocenters. The summed E-state index contributed by atoms with van der Waals surface area (Å²) in [7, 11) is 0. The highest BCUT2D eigenvalue weighted by atomic mass is 19.4. The van der Waals surface area contributed by atoms with Gasteiger partial charge in [0.15, 0.2) is 5.78 Å². The number of aryl methyl sites for hydroxylation is 1. The Bertz CT molecular complexity index is 703. The van der Waals surface area contributed by atoms with Crippen LogP contribution in [0.5, 0.6) is 0 Å². The first kappa shape index (κ1) is 16.9. The van der Waals surface area contributed by atoms with Crippen molar-refractivity contribution in [2.75, 3.05) is 0 Å². The molecule has 23 heavy (non-hydrogen) atoms. The average Bonchev–Trinajstić information content (AvgIpc) is 2.54. The van der Waals surface area contributed by atoms with Gasteiger partial charge in [-0.1, -0.05) is 37.3 Å². The van der Waals surface area contributed by atoms with Crippen LogP contribution in [0.4, 0.5) is 18.9 Å². The van der Waals surface area contributed by atoms with Crippen molar-refractivity contribution in [2.24, 2.45) is 4.99 Å². The molecule has 0 radical (unpaired) electrons. The summed E-state index contributed by atoms with van der Waals surface area (Å²) >= 11 is 0. The van der Waals surface area contributed by atoms with E-state index in [1.165, 1.54) is 18.3 Å². The first-order valence-electron chi connectivity index (χ1n) is 7.22. The summed E-state index contributed by atoms with van der Waals surface area (Å²) in [5.41, 5.74) is 1.12. The van der Waals surface area contributed by atoms with Crippen LogP contribution in [0.15, 0.2) is 53.5 Å². The summed E-state index contributed by atoms with van der Waals surface area (Å²) in [6.07, 6.45) is -2.12. The highest BCUT2D eigenvalue weighted by Gasteiger charge is 2.30. The van der Waals surface area contributed by atoms with Crippen LogP contribution in [0, 0.1) is 0 Å². The Kier molecular flexibility index (Phi) is 5.32. The Morgan fingerprint density at radius 1 is 1.13 bits per heavy atom. The van der Waals surface area contributed by atoms with Gasteiger partial charge in [0.25, 0.3) is 0 Å². The third-order valence-electron chi connectivity index (χ3n) is 3.37. The average molecular weight is 319 g/mol. The molecular formula is C18H16F3NO. The quantitative estimate of drug-likeness (QED) is 0.547. The van der Waals surface area contributed by atoms with E-state index >= 15 is 0 Å². The van der Waals surface area contributed by atoms with Gasteiger partial charge in [-0.15, -0.1) is 0 Å². The Morgan fingerprint density at radius 2 is 1.83 bits per heavy atom. The Hall–Kier alpha value is -2.43. The van der Waals surface area contributed by atoms with Gasteiger partial charge < -0.3 is 0 Å². The second-order valence-corrected chi connectivity index (χ2v) is 5.04. The van der Waals surface area contributed by atoms with Gasteiger partial charge in [-0.2, -0.15) is 13.2 Å². The topological polar surface area (TPSA) is 29.4 Å². The summed E-state index contributed by atoms with van der Waals surface area (Å²) in [6.45, 7) is 2.03. The minimum absolute atomic E-state index is 0.0434. The lowest BCUT2D eigenvalue weighted by Gasteiger charge is -2.06. The van der Waals surface area contributed by atoms with Gasteiger partial charge in [-0.25, -0.2) is 0 Å². The van der Waals surface area contributed by atoms with Crippen LogP contribution < -0.4 is 0 Å². The number of hydrogen-bond acceptors (Lipinski definition) is 2. The lowest BCUT2D eigenvalue weighted by molar-refractivity contribution is -0.137. The van der Waals surface area contributed by atoms with Crippen molar-refractivity contribution in [3.63, 3.8) is 0 Å². The number of ketones is 1. The predicted octanol–water partition coefficient (Wildman–Crippen LogP) is 5.24. The normalized spacial score (nSPS) is 11.8. The fourth-order valence-electron chi connectivity index (χ4n) is 2.04. The van der Waals surface area contributed by atoms with Crippen molar-refractivity contribution in [3.05, 3.63) is 65.2 Å². The van der Waals surface area contributed by atoms with E-state index in [0.717, 1.165) is 24.1 Å². The van der Waals surface area contributed by atoms with Gasteiger partial charge in [0.1, 0.15) is 0 Å². The van der Waals surface area contributed by atoms with Gasteiger partial charge in [0.05, 0.1) is 11.3 Å². The molecule has 0 aliphatic rings. The molecule has 0 amide bonds. The van der Waals surface area contributed by atoms with Crippen molar-refractivity contribution in [1.82, 2.24) is 0 Å². The Balaban J connectivity index is 2.02.